The third kappa shape index (κ3) is 5.00. The highest BCUT2D eigenvalue weighted by atomic mass is 19.1. The van der Waals surface area contributed by atoms with Gasteiger partial charge in [-0.3, -0.25) is 9.88 Å². The van der Waals surface area contributed by atoms with Crippen molar-refractivity contribution in [2.75, 3.05) is 38.2 Å². The fourth-order valence-electron chi connectivity index (χ4n) is 7.72. The van der Waals surface area contributed by atoms with Crippen molar-refractivity contribution in [1.82, 2.24) is 25.2 Å². The van der Waals surface area contributed by atoms with Crippen molar-refractivity contribution in [2.24, 2.45) is 0 Å². The number of hydrogen-bond donors (Lipinski definition) is 2. The predicted molar refractivity (Wildman–Crippen MR) is 172 cm³/mol. The first-order chi connectivity index (χ1) is 21.4. The smallest absolute Gasteiger partial charge is 0.319 e. The van der Waals surface area contributed by atoms with E-state index in [1.165, 1.54) is 12.5 Å². The number of hydrogen-bond acceptors (Lipinski definition) is 8. The van der Waals surface area contributed by atoms with Crippen LogP contribution in [0.2, 0.25) is 0 Å². The summed E-state index contributed by atoms with van der Waals surface area (Å²) in [5.41, 5.74) is 1.15. The Morgan fingerprint density at radius 3 is 2.73 bits per heavy atom. The van der Waals surface area contributed by atoms with E-state index in [1.54, 1.807) is 12.3 Å². The zero-order valence-electron chi connectivity index (χ0n) is 25.4. The van der Waals surface area contributed by atoms with Crippen LogP contribution in [-0.2, 0) is 0 Å². The van der Waals surface area contributed by atoms with Crippen LogP contribution in [0.5, 0.6) is 11.8 Å². The second kappa shape index (κ2) is 11.5. The number of likely N-dealkylation sites (tertiary alicyclic amines) is 1. The van der Waals surface area contributed by atoms with E-state index in [2.05, 4.69) is 40.0 Å². The summed E-state index contributed by atoms with van der Waals surface area (Å²) in [6.45, 7) is 5.21. The highest BCUT2D eigenvalue weighted by molar-refractivity contribution is 6.02. The van der Waals surface area contributed by atoms with E-state index in [0.717, 1.165) is 58.2 Å². The molecule has 4 aromatic rings. The summed E-state index contributed by atoms with van der Waals surface area (Å²) in [6.07, 6.45) is 15.1. The van der Waals surface area contributed by atoms with Crippen molar-refractivity contribution < 1.29 is 14.2 Å². The average molecular weight is 595 g/mol. The van der Waals surface area contributed by atoms with Crippen LogP contribution in [0.1, 0.15) is 57.4 Å². The number of ether oxygens (including phenoxy) is 1. The van der Waals surface area contributed by atoms with E-state index < -0.39 is 5.82 Å². The Hall–Kier alpha value is -4.00. The number of rotatable bonds is 7. The van der Waals surface area contributed by atoms with Crippen LogP contribution in [0, 0.1) is 18.2 Å². The van der Waals surface area contributed by atoms with Gasteiger partial charge in [0.1, 0.15) is 29.4 Å². The maximum atomic E-state index is 16.8. The molecule has 9 heteroatoms. The van der Waals surface area contributed by atoms with E-state index >= 15 is 4.39 Å². The number of nitrogens with one attached hydrogen (secondary N) is 1. The highest BCUT2D eigenvalue weighted by Crippen LogP contribution is 2.39. The lowest BCUT2D eigenvalue weighted by Crippen LogP contribution is -2.59. The third-order valence-electron chi connectivity index (χ3n) is 9.90. The van der Waals surface area contributed by atoms with E-state index in [4.69, 9.17) is 21.1 Å². The summed E-state index contributed by atoms with van der Waals surface area (Å²) < 4.78 is 23.2. The number of benzene rings is 2. The predicted octanol–water partition coefficient (Wildman–Crippen LogP) is 5.65. The zero-order valence-corrected chi connectivity index (χ0v) is 25.4. The van der Waals surface area contributed by atoms with Gasteiger partial charge in [0.25, 0.3) is 0 Å². The third-order valence-corrected chi connectivity index (χ3v) is 9.90. The van der Waals surface area contributed by atoms with Gasteiger partial charge in [-0.25, -0.2) is 4.39 Å². The maximum Gasteiger partial charge on any atom is 0.319 e. The molecule has 0 amide bonds. The monoisotopic (exact) mass is 594 g/mol. The minimum Gasteiger partial charge on any atom is -0.508 e. The fraction of sp³-hybridized carbons (Fsp3) is 0.457. The number of phenolic OH excluding ortho intramolecular Hbond substituents is 1. The van der Waals surface area contributed by atoms with Crippen molar-refractivity contribution in [1.29, 1.82) is 0 Å². The van der Waals surface area contributed by atoms with Gasteiger partial charge in [-0.2, -0.15) is 9.97 Å². The number of nitrogens with zero attached hydrogens (tertiary/aromatic N) is 5. The van der Waals surface area contributed by atoms with Gasteiger partial charge in [0.2, 0.25) is 0 Å². The number of halogens is 1. The highest BCUT2D eigenvalue weighted by Gasteiger charge is 2.39. The lowest BCUT2D eigenvalue weighted by Gasteiger charge is -2.43. The summed E-state index contributed by atoms with van der Waals surface area (Å²) >= 11 is 0. The molecule has 3 aliphatic rings. The standard InChI is InChI=1S/C35H39FN6O2/c1-4-13-35(14-8-15-41(35)3)21-44-34-39-32-28(33(40-34)42-19-24-11-7-12-25(20-42)38-24)18-37-31(30(32)36)27-17-26(43)16-23-10-6-9-22(5-2)29(23)27/h2,6,9-10,16-18,24-25,38,43H,4,7-8,11-15,19-21H2,1,3H3. The Labute approximate surface area is 257 Å². The Morgan fingerprint density at radius 2 is 2.00 bits per heavy atom. The molecular weight excluding hydrogens is 555 g/mol. The summed E-state index contributed by atoms with van der Waals surface area (Å²) in [5, 5.41) is 16.2. The summed E-state index contributed by atoms with van der Waals surface area (Å²) in [4.78, 5) is 18.9. The summed E-state index contributed by atoms with van der Waals surface area (Å²) in [6, 6.07) is 9.50. The normalized spacial score (nSPS) is 23.7. The second-order valence-electron chi connectivity index (χ2n) is 12.7. The molecule has 3 saturated heterocycles. The van der Waals surface area contributed by atoms with Gasteiger partial charge in [0.15, 0.2) is 5.82 Å². The summed E-state index contributed by atoms with van der Waals surface area (Å²) in [7, 11) is 2.15. The van der Waals surface area contributed by atoms with Crippen LogP contribution in [0.15, 0.2) is 36.5 Å². The minimum absolute atomic E-state index is 0.00429. The van der Waals surface area contributed by atoms with Gasteiger partial charge in [0.05, 0.1) is 10.9 Å². The molecule has 7 rings (SSSR count). The number of aromatic nitrogens is 3. The van der Waals surface area contributed by atoms with Gasteiger partial charge in [0, 0.05) is 47.9 Å². The Bertz CT molecular complexity index is 1760. The molecule has 0 radical (unpaired) electrons. The number of likely N-dealkylation sites (N-methyl/N-ethyl adjacent to an activating group) is 1. The lowest BCUT2D eigenvalue weighted by atomic mass is 9.92. The molecule has 2 aromatic heterocycles. The molecular formula is C35H39FN6O2. The molecule has 3 atom stereocenters. The quantitative estimate of drug-likeness (QED) is 0.266. The SMILES string of the molecule is C#Cc1cccc2cc(O)cc(-c3ncc4c(N5CC6CCCC(C5)N6)nc(OCC5(CCC)CCCN5C)nc4c3F)c12. The number of pyridine rings is 1. The Morgan fingerprint density at radius 1 is 1.18 bits per heavy atom. The molecule has 44 heavy (non-hydrogen) atoms. The van der Waals surface area contributed by atoms with Crippen LogP contribution in [0.4, 0.5) is 10.2 Å². The molecule has 0 saturated carbocycles. The van der Waals surface area contributed by atoms with Gasteiger partial charge in [-0.1, -0.05) is 37.8 Å². The van der Waals surface area contributed by atoms with E-state index in [1.807, 2.05) is 18.2 Å². The molecule has 3 aliphatic heterocycles. The molecule has 2 aromatic carbocycles. The van der Waals surface area contributed by atoms with Crippen molar-refractivity contribution in [3.63, 3.8) is 0 Å². The minimum atomic E-state index is -0.591. The number of phenols is 1. The number of fused-ring (bicyclic) bond motifs is 4. The molecule has 5 heterocycles. The first kappa shape index (κ1) is 28.8. The number of anilines is 1. The molecule has 228 valence electrons. The number of aromatic hydroxyl groups is 1. The first-order valence-corrected chi connectivity index (χ1v) is 15.8. The maximum absolute atomic E-state index is 16.8. The number of terminal acetylenes is 1. The fourth-order valence-corrected chi connectivity index (χ4v) is 7.72. The van der Waals surface area contributed by atoms with Gasteiger partial charge in [-0.05, 0) is 69.3 Å². The summed E-state index contributed by atoms with van der Waals surface area (Å²) in [5.74, 6) is 2.77. The van der Waals surface area contributed by atoms with E-state index in [9.17, 15) is 5.11 Å². The topological polar surface area (TPSA) is 86.6 Å². The second-order valence-corrected chi connectivity index (χ2v) is 12.7. The van der Waals surface area contributed by atoms with Crippen LogP contribution in [0.3, 0.4) is 0 Å². The van der Waals surface area contributed by atoms with Crippen LogP contribution >= 0.6 is 0 Å². The van der Waals surface area contributed by atoms with E-state index in [0.29, 0.717) is 51.8 Å². The Kier molecular flexibility index (Phi) is 7.51. The first-order valence-electron chi connectivity index (χ1n) is 15.8. The lowest BCUT2D eigenvalue weighted by molar-refractivity contribution is 0.0828. The van der Waals surface area contributed by atoms with Crippen molar-refractivity contribution >= 4 is 27.5 Å². The molecule has 8 nitrogen and oxygen atoms in total. The number of piperazine rings is 1. The molecule has 3 fully saturated rings. The van der Waals surface area contributed by atoms with Crippen molar-refractivity contribution in [3.05, 3.63) is 47.9 Å². The van der Waals surface area contributed by atoms with Crippen molar-refractivity contribution in [3.8, 4) is 35.4 Å². The molecule has 0 aliphatic carbocycles. The van der Waals surface area contributed by atoms with Crippen LogP contribution in [0.25, 0.3) is 32.9 Å². The molecule has 0 spiro atoms. The van der Waals surface area contributed by atoms with Gasteiger partial charge >= 0.3 is 6.01 Å². The van der Waals surface area contributed by atoms with Gasteiger partial charge < -0.3 is 20.1 Å². The largest absolute Gasteiger partial charge is 0.508 e. The Balaban J connectivity index is 1.37. The zero-order chi connectivity index (χ0) is 30.4. The van der Waals surface area contributed by atoms with Gasteiger partial charge in [-0.15, -0.1) is 6.42 Å². The molecule has 2 N–H and O–H groups in total. The van der Waals surface area contributed by atoms with Crippen LogP contribution < -0.4 is 15.0 Å². The molecule has 2 bridgehead atoms. The average Bonchev–Trinajstić information content (AvgIpc) is 3.38. The van der Waals surface area contributed by atoms with Crippen molar-refractivity contribution in [2.45, 2.75) is 69.5 Å². The van der Waals surface area contributed by atoms with Crippen LogP contribution in [-0.4, -0.2) is 75.9 Å². The number of piperidine rings is 1. The van der Waals surface area contributed by atoms with E-state index in [-0.39, 0.29) is 28.5 Å². The molecule has 3 unspecified atom stereocenters.